The van der Waals surface area contributed by atoms with Crippen molar-refractivity contribution in [1.29, 1.82) is 0 Å². The maximum absolute atomic E-state index is 11.1. The summed E-state index contributed by atoms with van der Waals surface area (Å²) < 4.78 is 32.8. The molecule has 2 aliphatic rings. The fraction of sp³-hybridized carbons (Fsp3) is 0.600. The number of hydrogen-bond donors (Lipinski definition) is 0. The van der Waals surface area contributed by atoms with E-state index in [9.17, 15) is 8.42 Å². The lowest BCUT2D eigenvalue weighted by atomic mass is 10.1. The molecule has 1 aromatic carbocycles. The molecule has 0 amide bonds. The molecule has 0 radical (unpaired) electrons. The number of fused-ring (bicyclic) bond motifs is 1. The lowest BCUT2D eigenvalue weighted by Gasteiger charge is -2.15. The topological polar surface area (TPSA) is 55.8 Å². The SMILES string of the molecule is CS(=O)(=O)OC1CCN(CCc2ccc3c(c2)CCO3)C1. The molecule has 1 aromatic rings. The van der Waals surface area contributed by atoms with Crippen LogP contribution in [0.25, 0.3) is 0 Å². The summed E-state index contributed by atoms with van der Waals surface area (Å²) >= 11 is 0. The second kappa shape index (κ2) is 5.94. The Morgan fingerprint density at radius 3 is 3.10 bits per heavy atom. The average molecular weight is 311 g/mol. The number of likely N-dealkylation sites (tertiary alicyclic amines) is 1. The molecule has 5 nitrogen and oxygen atoms in total. The summed E-state index contributed by atoms with van der Waals surface area (Å²) in [4.78, 5) is 2.26. The van der Waals surface area contributed by atoms with Crippen molar-refractivity contribution < 1.29 is 17.3 Å². The van der Waals surface area contributed by atoms with Gasteiger partial charge in [0.05, 0.1) is 19.0 Å². The molecular weight excluding hydrogens is 290 g/mol. The fourth-order valence-corrected chi connectivity index (χ4v) is 3.66. The molecule has 0 aliphatic carbocycles. The lowest BCUT2D eigenvalue weighted by Crippen LogP contribution is -2.26. The van der Waals surface area contributed by atoms with E-state index in [1.165, 1.54) is 11.1 Å². The zero-order chi connectivity index (χ0) is 14.9. The molecule has 0 saturated carbocycles. The van der Waals surface area contributed by atoms with Crippen LogP contribution in [0.2, 0.25) is 0 Å². The predicted molar refractivity (Wildman–Crippen MR) is 80.1 cm³/mol. The van der Waals surface area contributed by atoms with Crippen molar-refractivity contribution >= 4 is 10.1 Å². The highest BCUT2D eigenvalue weighted by atomic mass is 32.2. The van der Waals surface area contributed by atoms with Gasteiger partial charge in [-0.1, -0.05) is 12.1 Å². The van der Waals surface area contributed by atoms with E-state index in [1.54, 1.807) is 0 Å². The molecule has 0 aromatic heterocycles. The highest BCUT2D eigenvalue weighted by Gasteiger charge is 2.25. The van der Waals surface area contributed by atoms with Crippen molar-refractivity contribution in [3.8, 4) is 5.75 Å². The van der Waals surface area contributed by atoms with Gasteiger partial charge in [-0.05, 0) is 30.0 Å². The summed E-state index contributed by atoms with van der Waals surface area (Å²) in [6, 6.07) is 6.39. The van der Waals surface area contributed by atoms with Gasteiger partial charge < -0.3 is 9.64 Å². The molecule has 6 heteroatoms. The summed E-state index contributed by atoms with van der Waals surface area (Å²) in [6.07, 6.45) is 3.68. The molecule has 0 bridgehead atoms. The number of ether oxygens (including phenoxy) is 1. The maximum atomic E-state index is 11.1. The Balaban J connectivity index is 1.50. The summed E-state index contributed by atoms with van der Waals surface area (Å²) in [5.41, 5.74) is 2.61. The van der Waals surface area contributed by atoms with Crippen molar-refractivity contribution in [3.63, 3.8) is 0 Å². The molecule has 1 saturated heterocycles. The van der Waals surface area contributed by atoms with E-state index in [-0.39, 0.29) is 6.10 Å². The molecule has 0 N–H and O–H groups in total. The van der Waals surface area contributed by atoms with Gasteiger partial charge in [-0.3, -0.25) is 4.18 Å². The number of nitrogens with zero attached hydrogens (tertiary/aromatic N) is 1. The Labute approximate surface area is 126 Å². The van der Waals surface area contributed by atoms with Crippen LogP contribution in [0.4, 0.5) is 0 Å². The molecule has 1 fully saturated rings. The van der Waals surface area contributed by atoms with Gasteiger partial charge in [-0.25, -0.2) is 0 Å². The van der Waals surface area contributed by atoms with Crippen molar-refractivity contribution in [1.82, 2.24) is 4.90 Å². The normalized spacial score (nSPS) is 22.2. The maximum Gasteiger partial charge on any atom is 0.264 e. The highest BCUT2D eigenvalue weighted by molar-refractivity contribution is 7.86. The minimum Gasteiger partial charge on any atom is -0.493 e. The summed E-state index contributed by atoms with van der Waals surface area (Å²) in [5.74, 6) is 1.02. The highest BCUT2D eigenvalue weighted by Crippen LogP contribution is 2.26. The Morgan fingerprint density at radius 1 is 1.43 bits per heavy atom. The third kappa shape index (κ3) is 3.96. The molecule has 21 heavy (non-hydrogen) atoms. The zero-order valence-corrected chi connectivity index (χ0v) is 13.1. The summed E-state index contributed by atoms with van der Waals surface area (Å²) in [7, 11) is -3.35. The van der Waals surface area contributed by atoms with Crippen LogP contribution in [0.5, 0.6) is 5.75 Å². The van der Waals surface area contributed by atoms with Crippen molar-refractivity contribution in [2.45, 2.75) is 25.4 Å². The Hall–Kier alpha value is -1.11. The van der Waals surface area contributed by atoms with Crippen LogP contribution in [-0.4, -0.2) is 51.9 Å². The fourth-order valence-electron chi connectivity index (χ4n) is 3.01. The van der Waals surface area contributed by atoms with E-state index >= 15 is 0 Å². The second-order valence-corrected chi connectivity index (χ2v) is 7.40. The van der Waals surface area contributed by atoms with Crippen LogP contribution in [0, 0.1) is 0 Å². The predicted octanol–water partition coefficient (Wildman–Crippen LogP) is 1.21. The lowest BCUT2D eigenvalue weighted by molar-refractivity contribution is 0.209. The number of hydrogen-bond acceptors (Lipinski definition) is 5. The largest absolute Gasteiger partial charge is 0.493 e. The van der Waals surface area contributed by atoms with Gasteiger partial charge in [-0.15, -0.1) is 0 Å². The first-order chi connectivity index (χ1) is 9.99. The van der Waals surface area contributed by atoms with Crippen molar-refractivity contribution in [2.24, 2.45) is 0 Å². The molecule has 2 aliphatic heterocycles. The van der Waals surface area contributed by atoms with Crippen LogP contribution >= 0.6 is 0 Å². The third-order valence-electron chi connectivity index (χ3n) is 4.01. The monoisotopic (exact) mass is 311 g/mol. The molecule has 1 atom stereocenters. The van der Waals surface area contributed by atoms with E-state index in [0.717, 1.165) is 51.0 Å². The van der Waals surface area contributed by atoms with Gasteiger partial charge in [0, 0.05) is 26.1 Å². The van der Waals surface area contributed by atoms with Crippen LogP contribution in [0.3, 0.4) is 0 Å². The first kappa shape index (κ1) is 14.8. The standard InChI is InChI=1S/C15H21NO4S/c1-21(17,18)20-14-5-8-16(11-14)7-4-12-2-3-15-13(10-12)6-9-19-15/h2-3,10,14H,4-9,11H2,1H3. The minimum atomic E-state index is -3.35. The Morgan fingerprint density at radius 2 is 2.29 bits per heavy atom. The van der Waals surface area contributed by atoms with Gasteiger partial charge in [0.15, 0.2) is 0 Å². The minimum absolute atomic E-state index is 0.187. The van der Waals surface area contributed by atoms with Gasteiger partial charge in [-0.2, -0.15) is 8.42 Å². The Bertz CT molecular complexity index is 614. The van der Waals surface area contributed by atoms with Crippen LogP contribution in [0.15, 0.2) is 18.2 Å². The van der Waals surface area contributed by atoms with E-state index in [1.807, 2.05) is 0 Å². The molecule has 3 rings (SSSR count). The summed E-state index contributed by atoms with van der Waals surface area (Å²) in [5, 5.41) is 0. The van der Waals surface area contributed by atoms with E-state index < -0.39 is 10.1 Å². The molecular formula is C15H21NO4S. The second-order valence-electron chi connectivity index (χ2n) is 5.80. The number of benzene rings is 1. The van der Waals surface area contributed by atoms with Crippen LogP contribution in [-0.2, 0) is 27.1 Å². The number of rotatable bonds is 5. The van der Waals surface area contributed by atoms with E-state index in [2.05, 4.69) is 23.1 Å². The van der Waals surface area contributed by atoms with Crippen LogP contribution in [0.1, 0.15) is 17.5 Å². The Kier molecular flexibility index (Phi) is 4.19. The first-order valence-corrected chi connectivity index (χ1v) is 9.16. The molecule has 1 unspecified atom stereocenters. The van der Waals surface area contributed by atoms with Crippen LogP contribution < -0.4 is 4.74 Å². The summed E-state index contributed by atoms with van der Waals surface area (Å²) in [6.45, 7) is 3.31. The average Bonchev–Trinajstić information content (AvgIpc) is 3.02. The van der Waals surface area contributed by atoms with Crippen molar-refractivity contribution in [3.05, 3.63) is 29.3 Å². The third-order valence-corrected chi connectivity index (χ3v) is 4.63. The molecule has 0 spiro atoms. The van der Waals surface area contributed by atoms with Gasteiger partial charge in [0.25, 0.3) is 10.1 Å². The first-order valence-electron chi connectivity index (χ1n) is 7.35. The van der Waals surface area contributed by atoms with Gasteiger partial charge >= 0.3 is 0 Å². The van der Waals surface area contributed by atoms with Crippen molar-refractivity contribution in [2.75, 3.05) is 32.5 Å². The van der Waals surface area contributed by atoms with E-state index in [4.69, 9.17) is 8.92 Å². The zero-order valence-electron chi connectivity index (χ0n) is 12.2. The van der Waals surface area contributed by atoms with Gasteiger partial charge in [0.2, 0.25) is 0 Å². The van der Waals surface area contributed by atoms with E-state index in [0.29, 0.717) is 6.54 Å². The molecule has 2 heterocycles. The van der Waals surface area contributed by atoms with Gasteiger partial charge in [0.1, 0.15) is 5.75 Å². The quantitative estimate of drug-likeness (QED) is 0.765. The molecule has 116 valence electrons. The smallest absolute Gasteiger partial charge is 0.264 e.